The van der Waals surface area contributed by atoms with E-state index in [1.54, 1.807) is 18.3 Å². The number of para-hydroxylation sites is 1. The molecule has 0 fully saturated rings. The van der Waals surface area contributed by atoms with E-state index in [1.165, 1.54) is 13.4 Å². The van der Waals surface area contributed by atoms with Crippen molar-refractivity contribution in [2.24, 2.45) is 0 Å². The molecule has 0 aliphatic carbocycles. The molecule has 8 nitrogen and oxygen atoms in total. The van der Waals surface area contributed by atoms with Gasteiger partial charge in [-0.05, 0) is 41.5 Å². The molecule has 0 bridgehead atoms. The van der Waals surface area contributed by atoms with Crippen LogP contribution >= 0.6 is 0 Å². The van der Waals surface area contributed by atoms with Gasteiger partial charge in [-0.15, -0.1) is 0 Å². The van der Waals surface area contributed by atoms with Crippen LogP contribution in [0, 0.1) is 0 Å². The molecule has 1 N–H and O–H groups in total. The average Bonchev–Trinajstić information content (AvgIpc) is 3.35. The summed E-state index contributed by atoms with van der Waals surface area (Å²) in [5, 5.41) is 7.97. The van der Waals surface area contributed by atoms with Gasteiger partial charge < -0.3 is 14.8 Å². The van der Waals surface area contributed by atoms with E-state index in [0.717, 1.165) is 33.7 Å². The summed E-state index contributed by atoms with van der Waals surface area (Å²) in [5.41, 5.74) is 5.24. The minimum absolute atomic E-state index is 0.272. The minimum Gasteiger partial charge on any atom is -0.480 e. The third kappa shape index (κ3) is 3.07. The fraction of sp³-hybridized carbons (Fsp3) is 0.120. The number of benzene rings is 2. The first-order valence-electron chi connectivity index (χ1n) is 10.5. The third-order valence-electron chi connectivity index (χ3n) is 5.96. The van der Waals surface area contributed by atoms with Gasteiger partial charge in [-0.25, -0.2) is 9.48 Å². The van der Waals surface area contributed by atoms with Crippen LogP contribution in [0.25, 0.3) is 5.70 Å². The normalized spacial score (nSPS) is 18.3. The molecule has 4 heterocycles. The fourth-order valence-corrected chi connectivity index (χ4v) is 4.46. The van der Waals surface area contributed by atoms with Crippen LogP contribution in [0.15, 0.2) is 85.0 Å². The van der Waals surface area contributed by atoms with Crippen molar-refractivity contribution < 1.29 is 14.3 Å². The van der Waals surface area contributed by atoms with Crippen LogP contribution in [-0.2, 0) is 4.74 Å². The summed E-state index contributed by atoms with van der Waals surface area (Å²) in [6.07, 6.45) is 4.70. The Labute approximate surface area is 189 Å². The lowest BCUT2D eigenvalue weighted by Gasteiger charge is -2.38. The number of nitrogens with one attached hydrogen (secondary N) is 1. The predicted molar refractivity (Wildman–Crippen MR) is 121 cm³/mol. The molecule has 0 unspecified atom stereocenters. The molecule has 4 aromatic rings. The highest BCUT2D eigenvalue weighted by Crippen LogP contribution is 2.50. The van der Waals surface area contributed by atoms with E-state index in [9.17, 15) is 4.79 Å². The Morgan fingerprint density at radius 2 is 1.91 bits per heavy atom. The summed E-state index contributed by atoms with van der Waals surface area (Å²) >= 11 is 0. The van der Waals surface area contributed by atoms with E-state index in [4.69, 9.17) is 9.47 Å². The minimum atomic E-state index is -0.420. The van der Waals surface area contributed by atoms with Gasteiger partial charge in [0.2, 0.25) is 5.95 Å². The fourth-order valence-electron chi connectivity index (χ4n) is 4.46. The molecule has 2 atom stereocenters. The molecule has 0 saturated heterocycles. The van der Waals surface area contributed by atoms with Gasteiger partial charge in [0.15, 0.2) is 0 Å². The van der Waals surface area contributed by atoms with E-state index >= 15 is 0 Å². The number of methoxy groups -OCH3 is 1. The number of ether oxygens (including phenoxy) is 2. The summed E-state index contributed by atoms with van der Waals surface area (Å²) in [4.78, 5) is 20.7. The van der Waals surface area contributed by atoms with Crippen molar-refractivity contribution in [2.45, 2.75) is 12.1 Å². The van der Waals surface area contributed by atoms with E-state index in [1.807, 2.05) is 59.4 Å². The van der Waals surface area contributed by atoms with Crippen LogP contribution in [0.3, 0.4) is 0 Å². The summed E-state index contributed by atoms with van der Waals surface area (Å²) in [6.45, 7) is 0. The highest BCUT2D eigenvalue weighted by Gasteiger charge is 2.40. The van der Waals surface area contributed by atoms with Crippen molar-refractivity contribution >= 4 is 17.6 Å². The van der Waals surface area contributed by atoms with Gasteiger partial charge >= 0.3 is 5.97 Å². The van der Waals surface area contributed by atoms with Crippen LogP contribution in [0.1, 0.15) is 39.2 Å². The first-order valence-corrected chi connectivity index (χ1v) is 10.5. The van der Waals surface area contributed by atoms with Gasteiger partial charge in [0, 0.05) is 23.5 Å². The van der Waals surface area contributed by atoms with Crippen molar-refractivity contribution in [3.05, 3.63) is 107 Å². The third-order valence-corrected chi connectivity index (χ3v) is 5.96. The van der Waals surface area contributed by atoms with Crippen molar-refractivity contribution in [3.63, 3.8) is 0 Å². The first-order chi connectivity index (χ1) is 16.2. The van der Waals surface area contributed by atoms with Crippen LogP contribution in [-0.4, -0.2) is 32.8 Å². The quantitative estimate of drug-likeness (QED) is 0.484. The van der Waals surface area contributed by atoms with E-state index < -0.39 is 6.10 Å². The molecule has 2 aliphatic rings. The lowest BCUT2D eigenvalue weighted by atomic mass is 9.85. The van der Waals surface area contributed by atoms with Gasteiger partial charge in [-0.1, -0.05) is 30.3 Å². The van der Waals surface area contributed by atoms with Crippen LogP contribution in [0.2, 0.25) is 0 Å². The van der Waals surface area contributed by atoms with E-state index in [-0.39, 0.29) is 12.0 Å². The van der Waals surface area contributed by atoms with Crippen LogP contribution < -0.4 is 10.1 Å². The zero-order valence-electron chi connectivity index (χ0n) is 17.7. The molecular formula is C25H19N5O3. The van der Waals surface area contributed by atoms with Crippen molar-refractivity contribution in [2.75, 3.05) is 12.4 Å². The molecule has 162 valence electrons. The molecular weight excluding hydrogens is 418 g/mol. The maximum Gasteiger partial charge on any atom is 0.337 e. The number of esters is 1. The van der Waals surface area contributed by atoms with Crippen molar-refractivity contribution in [1.82, 2.24) is 19.7 Å². The maximum atomic E-state index is 11.9. The molecule has 6 rings (SSSR count). The molecule has 0 amide bonds. The van der Waals surface area contributed by atoms with Gasteiger partial charge in [0.25, 0.3) is 0 Å². The monoisotopic (exact) mass is 437 g/mol. The SMILES string of the molecule is COC(=O)c1ccc([C@H]2Oc3ccccc3C3=C2[C@@H](c2cccnc2)n2ncnc2N3)cc1. The highest BCUT2D eigenvalue weighted by atomic mass is 16.5. The maximum absolute atomic E-state index is 11.9. The zero-order valence-corrected chi connectivity index (χ0v) is 17.7. The summed E-state index contributed by atoms with van der Waals surface area (Å²) < 4.78 is 13.3. The molecule has 2 aromatic heterocycles. The summed E-state index contributed by atoms with van der Waals surface area (Å²) in [7, 11) is 1.37. The van der Waals surface area contributed by atoms with Gasteiger partial charge in [-0.3, -0.25) is 4.98 Å². The number of nitrogens with zero attached hydrogens (tertiary/aromatic N) is 4. The lowest BCUT2D eigenvalue weighted by Crippen LogP contribution is -2.32. The Morgan fingerprint density at radius 1 is 1.06 bits per heavy atom. The van der Waals surface area contributed by atoms with Crippen molar-refractivity contribution in [1.29, 1.82) is 0 Å². The Hall–Kier alpha value is -4.46. The number of carbonyl (C=O) groups is 1. The lowest BCUT2D eigenvalue weighted by molar-refractivity contribution is 0.0600. The number of rotatable bonds is 3. The molecule has 33 heavy (non-hydrogen) atoms. The standard InChI is InChI=1S/C25H19N5O3/c1-32-24(31)16-10-8-15(9-11-16)23-20-21(18-6-2-3-7-19(18)33-23)29-25-27-14-28-30(25)22(20)17-5-4-12-26-13-17/h2-14,22-23H,1H3,(H,27,28,29)/t22-,23-/m1/s1. The topological polar surface area (TPSA) is 91.2 Å². The molecule has 0 saturated carbocycles. The predicted octanol–water partition coefficient (Wildman–Crippen LogP) is 4.02. The first kappa shape index (κ1) is 19.2. The second kappa shape index (κ2) is 7.59. The number of aromatic nitrogens is 4. The molecule has 0 radical (unpaired) electrons. The average molecular weight is 437 g/mol. The Morgan fingerprint density at radius 3 is 2.70 bits per heavy atom. The second-order valence-electron chi connectivity index (χ2n) is 7.78. The van der Waals surface area contributed by atoms with Crippen LogP contribution in [0.5, 0.6) is 5.75 Å². The number of pyridine rings is 1. The molecule has 2 aromatic carbocycles. The van der Waals surface area contributed by atoms with Gasteiger partial charge in [-0.2, -0.15) is 10.1 Å². The molecule has 0 spiro atoms. The summed E-state index contributed by atoms with van der Waals surface area (Å²) in [5.74, 6) is 1.04. The smallest absolute Gasteiger partial charge is 0.337 e. The number of fused-ring (bicyclic) bond motifs is 3. The number of carbonyl (C=O) groups excluding carboxylic acids is 1. The Bertz CT molecular complexity index is 1380. The Kier molecular flexibility index (Phi) is 4.43. The Balaban J connectivity index is 1.56. The number of hydrogen-bond donors (Lipinski definition) is 1. The summed E-state index contributed by atoms with van der Waals surface area (Å²) in [6, 6.07) is 18.9. The van der Waals surface area contributed by atoms with Gasteiger partial charge in [0.05, 0.1) is 18.4 Å². The zero-order chi connectivity index (χ0) is 22.4. The van der Waals surface area contributed by atoms with Gasteiger partial charge in [0.1, 0.15) is 24.2 Å². The number of hydrogen-bond acceptors (Lipinski definition) is 7. The highest BCUT2D eigenvalue weighted by molar-refractivity contribution is 5.89. The van der Waals surface area contributed by atoms with Crippen molar-refractivity contribution in [3.8, 4) is 5.75 Å². The van der Waals surface area contributed by atoms with E-state index in [2.05, 4.69) is 20.4 Å². The van der Waals surface area contributed by atoms with Crippen LogP contribution in [0.4, 0.5) is 5.95 Å². The molecule has 2 aliphatic heterocycles. The molecule has 8 heteroatoms. The number of anilines is 1. The van der Waals surface area contributed by atoms with E-state index in [0.29, 0.717) is 11.5 Å². The second-order valence-corrected chi connectivity index (χ2v) is 7.78. The largest absolute Gasteiger partial charge is 0.480 e.